The first-order valence-electron chi connectivity index (χ1n) is 4.42. The van der Waals surface area contributed by atoms with Crippen molar-refractivity contribution in [3.8, 4) is 0 Å². The first-order valence-corrected chi connectivity index (χ1v) is 6.24. The molecule has 0 aromatic heterocycles. The predicted molar refractivity (Wildman–Crippen MR) is 56.7 cm³/mol. The monoisotopic (exact) mass is 247 g/mol. The third-order valence-electron chi connectivity index (χ3n) is 2.50. The van der Waals surface area contributed by atoms with Gasteiger partial charge in [-0.1, -0.05) is 11.6 Å². The highest BCUT2D eigenvalue weighted by atomic mass is 35.5. The summed E-state index contributed by atoms with van der Waals surface area (Å²) >= 11 is 5.76. The van der Waals surface area contributed by atoms with Crippen molar-refractivity contribution >= 4 is 21.7 Å². The van der Waals surface area contributed by atoms with Gasteiger partial charge in [-0.25, -0.2) is 0 Å². The van der Waals surface area contributed by atoms with Gasteiger partial charge < -0.3 is 5.73 Å². The van der Waals surface area contributed by atoms with Crippen molar-refractivity contribution in [1.82, 2.24) is 0 Å². The van der Waals surface area contributed by atoms with Gasteiger partial charge in [-0.15, -0.1) is 0 Å². The summed E-state index contributed by atoms with van der Waals surface area (Å²) in [4.78, 5) is -0.239. The summed E-state index contributed by atoms with van der Waals surface area (Å²) in [6.45, 7) is 0. The number of hydrogen-bond donors (Lipinski definition) is 2. The lowest BCUT2D eigenvalue weighted by Crippen LogP contribution is -2.19. The topological polar surface area (TPSA) is 80.4 Å². The molecule has 2 rings (SSSR count). The molecule has 4 nitrogen and oxygen atoms in total. The van der Waals surface area contributed by atoms with Gasteiger partial charge in [-0.05, 0) is 36.1 Å². The third kappa shape index (κ3) is 2.01. The lowest BCUT2D eigenvalue weighted by molar-refractivity contribution is 0.483. The van der Waals surface area contributed by atoms with Gasteiger partial charge in [0.15, 0.2) is 0 Å². The molecule has 0 aliphatic heterocycles. The van der Waals surface area contributed by atoms with Crippen molar-refractivity contribution in [1.29, 1.82) is 0 Å². The van der Waals surface area contributed by atoms with E-state index in [0.717, 1.165) is 11.1 Å². The molecule has 0 spiro atoms. The highest BCUT2D eigenvalue weighted by Crippen LogP contribution is 2.30. The fourth-order valence-corrected chi connectivity index (χ4v) is 2.93. The molecule has 0 heterocycles. The standard InChI is InChI=1S/C9H10ClNO3S/c10-8-3-5-1-7(11)2-6(5)4-9(8)15(12,13)14/h3-4,7H,1-2,11H2,(H,12,13,14). The van der Waals surface area contributed by atoms with Crippen molar-refractivity contribution in [2.45, 2.75) is 23.8 Å². The van der Waals surface area contributed by atoms with Crippen molar-refractivity contribution in [2.24, 2.45) is 5.73 Å². The van der Waals surface area contributed by atoms with Gasteiger partial charge in [-0.3, -0.25) is 4.55 Å². The Balaban J connectivity index is 2.59. The molecule has 6 heteroatoms. The second-order valence-corrected chi connectivity index (χ2v) is 5.49. The Labute approximate surface area is 92.8 Å². The largest absolute Gasteiger partial charge is 0.327 e. The molecule has 0 fully saturated rings. The van der Waals surface area contributed by atoms with E-state index in [1.54, 1.807) is 6.07 Å². The van der Waals surface area contributed by atoms with E-state index in [1.807, 2.05) is 0 Å². The summed E-state index contributed by atoms with van der Waals surface area (Å²) in [5, 5.41) is 0.0466. The number of rotatable bonds is 1. The maximum atomic E-state index is 11.0. The van der Waals surface area contributed by atoms with E-state index in [9.17, 15) is 8.42 Å². The van der Waals surface area contributed by atoms with Crippen molar-refractivity contribution in [3.63, 3.8) is 0 Å². The maximum absolute atomic E-state index is 11.0. The second-order valence-electron chi connectivity index (χ2n) is 3.69. The lowest BCUT2D eigenvalue weighted by atomic mass is 10.1. The van der Waals surface area contributed by atoms with Crippen LogP contribution in [-0.2, 0) is 23.0 Å². The van der Waals surface area contributed by atoms with Crippen LogP contribution < -0.4 is 5.73 Å². The minimum absolute atomic E-state index is 0.00714. The number of hydrogen-bond acceptors (Lipinski definition) is 3. The van der Waals surface area contributed by atoms with Gasteiger partial charge in [-0.2, -0.15) is 8.42 Å². The van der Waals surface area contributed by atoms with Gasteiger partial charge >= 0.3 is 0 Å². The normalized spacial score (nSPS) is 20.3. The molecule has 1 atom stereocenters. The molecule has 1 aromatic carbocycles. The molecule has 0 amide bonds. The van der Waals surface area contributed by atoms with Crippen LogP contribution in [-0.4, -0.2) is 19.0 Å². The minimum Gasteiger partial charge on any atom is -0.327 e. The SMILES string of the molecule is NC1Cc2cc(Cl)c(S(=O)(=O)O)cc2C1. The quantitative estimate of drug-likeness (QED) is 0.726. The highest BCUT2D eigenvalue weighted by molar-refractivity contribution is 7.86. The minimum atomic E-state index is -4.25. The summed E-state index contributed by atoms with van der Waals surface area (Å²) in [5.74, 6) is 0. The zero-order valence-corrected chi connectivity index (χ0v) is 9.35. The Morgan fingerprint density at radius 2 is 1.87 bits per heavy atom. The van der Waals surface area contributed by atoms with E-state index in [-0.39, 0.29) is 16.0 Å². The van der Waals surface area contributed by atoms with Crippen molar-refractivity contribution < 1.29 is 13.0 Å². The summed E-state index contributed by atoms with van der Waals surface area (Å²) < 4.78 is 30.9. The van der Waals surface area contributed by atoms with Gasteiger partial charge in [0.1, 0.15) is 4.90 Å². The molecule has 15 heavy (non-hydrogen) atoms. The molecular formula is C9H10ClNO3S. The summed E-state index contributed by atoms with van der Waals surface area (Å²) in [6, 6.07) is 2.97. The van der Waals surface area contributed by atoms with E-state index in [2.05, 4.69) is 0 Å². The van der Waals surface area contributed by atoms with Gasteiger partial charge in [0.25, 0.3) is 10.1 Å². The Morgan fingerprint density at radius 3 is 2.40 bits per heavy atom. The molecule has 1 aliphatic rings. The molecule has 0 bridgehead atoms. The molecule has 1 aliphatic carbocycles. The molecule has 82 valence electrons. The van der Waals surface area contributed by atoms with E-state index in [0.29, 0.717) is 12.8 Å². The van der Waals surface area contributed by atoms with Crippen LogP contribution in [0.3, 0.4) is 0 Å². The van der Waals surface area contributed by atoms with Crippen LogP contribution >= 0.6 is 11.6 Å². The first-order chi connectivity index (χ1) is 6.88. The molecule has 0 saturated heterocycles. The fraction of sp³-hybridized carbons (Fsp3) is 0.333. The molecule has 3 N–H and O–H groups in total. The molecule has 0 radical (unpaired) electrons. The molecule has 1 aromatic rings. The zero-order chi connectivity index (χ0) is 11.2. The average Bonchev–Trinajstić information content (AvgIpc) is 2.40. The van der Waals surface area contributed by atoms with E-state index < -0.39 is 10.1 Å². The van der Waals surface area contributed by atoms with E-state index >= 15 is 0 Å². The van der Waals surface area contributed by atoms with Crippen LogP contribution in [0.15, 0.2) is 17.0 Å². The Morgan fingerprint density at radius 1 is 1.33 bits per heavy atom. The Bertz CT molecular complexity index is 512. The number of nitrogens with two attached hydrogens (primary N) is 1. The first kappa shape index (κ1) is 10.9. The fourth-order valence-electron chi connectivity index (χ4n) is 1.85. The van der Waals surface area contributed by atoms with Crippen molar-refractivity contribution in [3.05, 3.63) is 28.3 Å². The number of halogens is 1. The van der Waals surface area contributed by atoms with Crippen LogP contribution in [0.25, 0.3) is 0 Å². The van der Waals surface area contributed by atoms with Crippen LogP contribution in [0.4, 0.5) is 0 Å². The maximum Gasteiger partial charge on any atom is 0.296 e. The second kappa shape index (κ2) is 3.45. The van der Waals surface area contributed by atoms with Crippen LogP contribution in [0, 0.1) is 0 Å². The number of fused-ring (bicyclic) bond motifs is 1. The van der Waals surface area contributed by atoms with Crippen molar-refractivity contribution in [2.75, 3.05) is 0 Å². The molecular weight excluding hydrogens is 238 g/mol. The Kier molecular flexibility index (Phi) is 2.50. The summed E-state index contributed by atoms with van der Waals surface area (Å²) in [7, 11) is -4.25. The molecule has 0 saturated carbocycles. The zero-order valence-electron chi connectivity index (χ0n) is 7.77. The smallest absolute Gasteiger partial charge is 0.296 e. The van der Waals surface area contributed by atoms with E-state index in [4.69, 9.17) is 21.9 Å². The highest BCUT2D eigenvalue weighted by Gasteiger charge is 2.23. The summed E-state index contributed by atoms with van der Waals surface area (Å²) in [6.07, 6.45) is 1.32. The van der Waals surface area contributed by atoms with Gasteiger partial charge in [0, 0.05) is 6.04 Å². The average molecular weight is 248 g/mol. The van der Waals surface area contributed by atoms with E-state index in [1.165, 1.54) is 6.07 Å². The molecule has 1 unspecified atom stereocenters. The van der Waals surface area contributed by atoms with Crippen LogP contribution in [0.2, 0.25) is 5.02 Å². The lowest BCUT2D eigenvalue weighted by Gasteiger charge is -2.04. The van der Waals surface area contributed by atoms with Gasteiger partial charge in [0.05, 0.1) is 5.02 Å². The summed E-state index contributed by atoms with van der Waals surface area (Å²) in [5.41, 5.74) is 7.54. The number of benzene rings is 1. The van der Waals surface area contributed by atoms with Crippen LogP contribution in [0.1, 0.15) is 11.1 Å². The third-order valence-corrected chi connectivity index (χ3v) is 3.81. The van der Waals surface area contributed by atoms with Crippen LogP contribution in [0.5, 0.6) is 0 Å². The predicted octanol–water partition coefficient (Wildman–Crippen LogP) is 1.01. The Hall–Kier alpha value is -0.620. The van der Waals surface area contributed by atoms with Gasteiger partial charge in [0.2, 0.25) is 0 Å².